The lowest BCUT2D eigenvalue weighted by molar-refractivity contribution is 0.0787. The number of nitrogens with zero attached hydrogens (tertiary/aromatic N) is 2. The zero-order chi connectivity index (χ0) is 15.4. The molecule has 1 fully saturated rings. The van der Waals surface area contributed by atoms with Gasteiger partial charge in [-0.3, -0.25) is 4.79 Å². The average molecular weight is 318 g/mol. The quantitative estimate of drug-likeness (QED) is 0.850. The molecule has 2 aromatic rings. The lowest BCUT2D eigenvalue weighted by Crippen LogP contribution is -2.27. The molecule has 3 rings (SSSR count). The number of thiazole rings is 1. The Morgan fingerprint density at radius 3 is 2.59 bits per heavy atom. The fourth-order valence-corrected chi connectivity index (χ4v) is 3.05. The summed E-state index contributed by atoms with van der Waals surface area (Å²) in [6, 6.07) is 7.39. The van der Waals surface area contributed by atoms with Crippen LogP contribution in [0.3, 0.4) is 0 Å². The van der Waals surface area contributed by atoms with Crippen molar-refractivity contribution >= 4 is 17.2 Å². The van der Waals surface area contributed by atoms with Gasteiger partial charge in [0.2, 0.25) is 0 Å². The summed E-state index contributed by atoms with van der Waals surface area (Å²) >= 11 is 1.46. The monoisotopic (exact) mass is 318 g/mol. The zero-order valence-corrected chi connectivity index (χ0v) is 13.3. The number of rotatable bonds is 5. The van der Waals surface area contributed by atoms with Crippen LogP contribution in [0.15, 0.2) is 29.6 Å². The van der Waals surface area contributed by atoms with Crippen molar-refractivity contribution in [3.8, 4) is 11.5 Å². The van der Waals surface area contributed by atoms with E-state index in [2.05, 4.69) is 4.98 Å². The van der Waals surface area contributed by atoms with E-state index in [1.165, 1.54) is 11.3 Å². The van der Waals surface area contributed by atoms with Crippen molar-refractivity contribution in [2.24, 2.45) is 0 Å². The van der Waals surface area contributed by atoms with E-state index in [1.807, 2.05) is 34.5 Å². The molecule has 0 unspecified atom stereocenters. The number of methoxy groups -OCH3 is 1. The van der Waals surface area contributed by atoms with Gasteiger partial charge in [0.1, 0.15) is 28.8 Å². The van der Waals surface area contributed by atoms with Gasteiger partial charge in [0, 0.05) is 18.5 Å². The van der Waals surface area contributed by atoms with E-state index in [4.69, 9.17) is 9.47 Å². The lowest BCUT2D eigenvalue weighted by Gasteiger charge is -2.12. The smallest absolute Gasteiger partial charge is 0.273 e. The van der Waals surface area contributed by atoms with Gasteiger partial charge in [0.15, 0.2) is 0 Å². The van der Waals surface area contributed by atoms with E-state index in [0.29, 0.717) is 12.3 Å². The number of benzene rings is 1. The Morgan fingerprint density at radius 2 is 1.91 bits per heavy atom. The number of aromatic nitrogens is 1. The van der Waals surface area contributed by atoms with Gasteiger partial charge in [0.05, 0.1) is 7.11 Å². The molecule has 0 aliphatic carbocycles. The Morgan fingerprint density at radius 1 is 1.23 bits per heavy atom. The highest BCUT2D eigenvalue weighted by atomic mass is 32.1. The number of carbonyl (C=O) groups is 1. The normalized spacial score (nSPS) is 14.1. The highest BCUT2D eigenvalue weighted by Gasteiger charge is 2.21. The molecule has 0 atom stereocenters. The summed E-state index contributed by atoms with van der Waals surface area (Å²) in [5, 5.41) is 2.62. The van der Waals surface area contributed by atoms with Gasteiger partial charge in [-0.15, -0.1) is 11.3 Å². The molecule has 5 nitrogen and oxygen atoms in total. The SMILES string of the molecule is COc1ccc(OCc2nc(C(=O)N3CCCC3)cs2)cc1. The van der Waals surface area contributed by atoms with Gasteiger partial charge < -0.3 is 14.4 Å². The minimum atomic E-state index is 0.0319. The molecule has 1 saturated heterocycles. The molecule has 0 radical (unpaired) electrons. The summed E-state index contributed by atoms with van der Waals surface area (Å²) in [5.41, 5.74) is 0.528. The number of likely N-dealkylation sites (tertiary alicyclic amines) is 1. The van der Waals surface area contributed by atoms with Crippen LogP contribution in [0.1, 0.15) is 28.3 Å². The fraction of sp³-hybridized carbons (Fsp3) is 0.375. The Kier molecular flexibility index (Phi) is 4.58. The van der Waals surface area contributed by atoms with Crippen molar-refractivity contribution in [2.45, 2.75) is 19.4 Å². The molecule has 0 N–H and O–H groups in total. The van der Waals surface area contributed by atoms with Gasteiger partial charge in [-0.05, 0) is 37.1 Å². The molecule has 116 valence electrons. The van der Waals surface area contributed by atoms with E-state index in [1.54, 1.807) is 7.11 Å². The summed E-state index contributed by atoms with van der Waals surface area (Å²) in [6.07, 6.45) is 2.17. The van der Waals surface area contributed by atoms with Crippen LogP contribution in [0.4, 0.5) is 0 Å². The molecule has 0 bridgehead atoms. The van der Waals surface area contributed by atoms with Gasteiger partial charge in [0.25, 0.3) is 5.91 Å². The van der Waals surface area contributed by atoms with Gasteiger partial charge in [-0.25, -0.2) is 4.98 Å². The summed E-state index contributed by atoms with van der Waals surface area (Å²) < 4.78 is 10.8. The van der Waals surface area contributed by atoms with Crippen molar-refractivity contribution in [3.63, 3.8) is 0 Å². The highest BCUT2D eigenvalue weighted by Crippen LogP contribution is 2.20. The maximum Gasteiger partial charge on any atom is 0.273 e. The van der Waals surface area contributed by atoms with Crippen LogP contribution in [0, 0.1) is 0 Å². The molecule has 1 aliphatic heterocycles. The number of hydrogen-bond acceptors (Lipinski definition) is 5. The van der Waals surface area contributed by atoms with Crippen LogP contribution in [0.25, 0.3) is 0 Å². The lowest BCUT2D eigenvalue weighted by atomic mass is 10.3. The summed E-state index contributed by atoms with van der Waals surface area (Å²) in [7, 11) is 1.63. The standard InChI is InChI=1S/C16H18N2O3S/c1-20-12-4-6-13(7-5-12)21-10-15-17-14(11-22-15)16(19)18-8-2-3-9-18/h4-7,11H,2-3,8-10H2,1H3. The minimum Gasteiger partial charge on any atom is -0.497 e. The topological polar surface area (TPSA) is 51.7 Å². The molecule has 22 heavy (non-hydrogen) atoms. The van der Waals surface area contributed by atoms with Gasteiger partial charge in [-0.2, -0.15) is 0 Å². The molecule has 1 aromatic heterocycles. The Balaban J connectivity index is 1.57. The second-order valence-electron chi connectivity index (χ2n) is 5.09. The Bertz CT molecular complexity index is 633. The van der Waals surface area contributed by atoms with E-state index in [0.717, 1.165) is 42.4 Å². The molecule has 1 aromatic carbocycles. The van der Waals surface area contributed by atoms with E-state index < -0.39 is 0 Å². The molecule has 2 heterocycles. The van der Waals surface area contributed by atoms with Crippen LogP contribution < -0.4 is 9.47 Å². The van der Waals surface area contributed by atoms with Crippen molar-refractivity contribution < 1.29 is 14.3 Å². The second-order valence-corrected chi connectivity index (χ2v) is 6.03. The average Bonchev–Trinajstić information content (AvgIpc) is 3.24. The number of amides is 1. The molecule has 1 aliphatic rings. The van der Waals surface area contributed by atoms with Gasteiger partial charge >= 0.3 is 0 Å². The number of ether oxygens (including phenoxy) is 2. The third kappa shape index (κ3) is 3.39. The van der Waals surface area contributed by atoms with Crippen molar-refractivity contribution in [1.82, 2.24) is 9.88 Å². The molecule has 0 saturated carbocycles. The zero-order valence-electron chi connectivity index (χ0n) is 12.4. The maximum atomic E-state index is 12.2. The Labute approximate surface area is 133 Å². The van der Waals surface area contributed by atoms with Crippen LogP contribution in [0.5, 0.6) is 11.5 Å². The fourth-order valence-electron chi connectivity index (χ4n) is 2.37. The molecular formula is C16H18N2O3S. The molecule has 1 amide bonds. The van der Waals surface area contributed by atoms with Crippen LogP contribution in [-0.4, -0.2) is 36.0 Å². The van der Waals surface area contributed by atoms with Crippen molar-refractivity contribution in [2.75, 3.05) is 20.2 Å². The van der Waals surface area contributed by atoms with Crippen molar-refractivity contribution in [3.05, 3.63) is 40.3 Å². The third-order valence-corrected chi connectivity index (χ3v) is 4.41. The summed E-state index contributed by atoms with van der Waals surface area (Å²) in [5.74, 6) is 1.58. The predicted molar refractivity (Wildman–Crippen MR) is 84.6 cm³/mol. The first kappa shape index (κ1) is 14.8. The first-order valence-electron chi connectivity index (χ1n) is 7.27. The maximum absolute atomic E-state index is 12.2. The number of hydrogen-bond donors (Lipinski definition) is 0. The predicted octanol–water partition coefficient (Wildman–Crippen LogP) is 2.97. The summed E-state index contributed by atoms with van der Waals surface area (Å²) in [4.78, 5) is 18.5. The molecule has 6 heteroatoms. The van der Waals surface area contributed by atoms with Crippen LogP contribution >= 0.6 is 11.3 Å². The molecule has 0 spiro atoms. The van der Waals surface area contributed by atoms with E-state index in [-0.39, 0.29) is 5.91 Å². The highest BCUT2D eigenvalue weighted by molar-refractivity contribution is 7.09. The summed E-state index contributed by atoms with van der Waals surface area (Å²) in [6.45, 7) is 2.05. The first-order valence-corrected chi connectivity index (χ1v) is 8.15. The van der Waals surface area contributed by atoms with Crippen molar-refractivity contribution in [1.29, 1.82) is 0 Å². The van der Waals surface area contributed by atoms with Crippen LogP contribution in [-0.2, 0) is 6.61 Å². The van der Waals surface area contributed by atoms with E-state index >= 15 is 0 Å². The molecular weight excluding hydrogens is 300 g/mol. The minimum absolute atomic E-state index is 0.0319. The third-order valence-electron chi connectivity index (χ3n) is 3.59. The number of carbonyl (C=O) groups excluding carboxylic acids is 1. The van der Waals surface area contributed by atoms with Gasteiger partial charge in [-0.1, -0.05) is 0 Å². The largest absolute Gasteiger partial charge is 0.497 e. The van der Waals surface area contributed by atoms with Crippen LogP contribution in [0.2, 0.25) is 0 Å². The van der Waals surface area contributed by atoms with E-state index in [9.17, 15) is 4.79 Å². The first-order chi connectivity index (χ1) is 10.8. The Hall–Kier alpha value is -2.08. The second kappa shape index (κ2) is 6.79.